The maximum atomic E-state index is 13.9. The van der Waals surface area contributed by atoms with Crippen molar-refractivity contribution in [2.45, 2.75) is 62.9 Å². The monoisotopic (exact) mass is 691 g/mol. The van der Waals surface area contributed by atoms with Gasteiger partial charge in [0, 0.05) is 21.5 Å². The molecule has 1 aliphatic heterocycles. The van der Waals surface area contributed by atoms with Gasteiger partial charge in [0.05, 0.1) is 12.1 Å². The summed E-state index contributed by atoms with van der Waals surface area (Å²) in [6.07, 6.45) is -0.278. The molecule has 0 unspecified atom stereocenters. The molecule has 0 N–H and O–H groups in total. The summed E-state index contributed by atoms with van der Waals surface area (Å²) in [7, 11) is -2.18. The van der Waals surface area contributed by atoms with Crippen LogP contribution < -0.4 is 9.64 Å². The number of para-hydroxylation sites is 1. The van der Waals surface area contributed by atoms with E-state index in [4.69, 9.17) is 9.16 Å². The van der Waals surface area contributed by atoms with Gasteiger partial charge in [0.15, 0.2) is 8.32 Å². The first-order valence-corrected chi connectivity index (χ1v) is 19.6. The third kappa shape index (κ3) is 7.31. The van der Waals surface area contributed by atoms with Crippen molar-refractivity contribution in [3.05, 3.63) is 130 Å². The number of hydrogen-bond donors (Lipinski definition) is 0. The molecule has 4 aromatic rings. The molecule has 44 heavy (non-hydrogen) atoms. The number of ether oxygens (including phenoxy) is 1. The van der Waals surface area contributed by atoms with E-state index in [9.17, 15) is 9.18 Å². The minimum atomic E-state index is -2.18. The zero-order valence-corrected chi connectivity index (χ0v) is 29.2. The number of thioether (sulfide) groups is 1. The van der Waals surface area contributed by atoms with Crippen molar-refractivity contribution in [3.8, 4) is 5.75 Å². The highest BCUT2D eigenvalue weighted by Crippen LogP contribution is 2.49. The van der Waals surface area contributed by atoms with E-state index in [0.29, 0.717) is 12.4 Å². The normalized spacial score (nSPS) is 17.7. The molecule has 1 fully saturated rings. The number of anilines is 1. The van der Waals surface area contributed by atoms with Crippen LogP contribution in [0.1, 0.15) is 49.6 Å². The Balaban J connectivity index is 1.46. The van der Waals surface area contributed by atoms with Crippen LogP contribution in [0.3, 0.4) is 0 Å². The van der Waals surface area contributed by atoms with Crippen LogP contribution in [-0.2, 0) is 15.8 Å². The number of β-lactam (4-membered cyclic amide) rings is 1. The van der Waals surface area contributed by atoms with Crippen molar-refractivity contribution in [3.63, 3.8) is 0 Å². The number of halogens is 2. The highest BCUT2D eigenvalue weighted by atomic mass is 79.9. The Morgan fingerprint density at radius 2 is 1.57 bits per heavy atom. The van der Waals surface area contributed by atoms with E-state index in [-0.39, 0.29) is 34.2 Å². The first-order valence-electron chi connectivity index (χ1n) is 14.8. The average Bonchev–Trinajstić information content (AvgIpc) is 2.99. The van der Waals surface area contributed by atoms with Crippen LogP contribution in [0.15, 0.2) is 108 Å². The van der Waals surface area contributed by atoms with Gasteiger partial charge in [0.25, 0.3) is 0 Å². The van der Waals surface area contributed by atoms with Gasteiger partial charge in [-0.1, -0.05) is 103 Å². The number of amides is 1. The van der Waals surface area contributed by atoms with Gasteiger partial charge in [-0.15, -0.1) is 11.8 Å². The molecule has 230 valence electrons. The Morgan fingerprint density at radius 1 is 0.932 bits per heavy atom. The summed E-state index contributed by atoms with van der Waals surface area (Å²) in [5.74, 6) is 1.07. The molecule has 8 heteroatoms. The van der Waals surface area contributed by atoms with Gasteiger partial charge in [-0.25, -0.2) is 4.39 Å². The van der Waals surface area contributed by atoms with Crippen LogP contribution in [0, 0.1) is 5.82 Å². The molecular weight excluding hydrogens is 653 g/mol. The van der Waals surface area contributed by atoms with Gasteiger partial charge < -0.3 is 14.1 Å². The van der Waals surface area contributed by atoms with E-state index in [1.165, 1.54) is 12.1 Å². The molecule has 0 saturated carbocycles. The zero-order chi connectivity index (χ0) is 31.5. The molecule has 1 amide bonds. The lowest BCUT2D eigenvalue weighted by Crippen LogP contribution is -2.58. The zero-order valence-electron chi connectivity index (χ0n) is 25.8. The summed E-state index contributed by atoms with van der Waals surface area (Å²) in [6, 6.07) is 32.2. The summed E-state index contributed by atoms with van der Waals surface area (Å²) < 4.78 is 28.1. The molecule has 5 rings (SSSR count). The fraction of sp³-hybridized carbons (Fsp3) is 0.306. The summed E-state index contributed by atoms with van der Waals surface area (Å²) in [4.78, 5) is 15.8. The maximum absolute atomic E-state index is 13.9. The molecule has 1 saturated heterocycles. The molecule has 0 aliphatic carbocycles. The molecule has 1 heterocycles. The predicted octanol–water partition coefficient (Wildman–Crippen LogP) is 10.1. The Bertz CT molecular complexity index is 1560. The number of rotatable bonds is 11. The van der Waals surface area contributed by atoms with Crippen LogP contribution in [-0.4, -0.2) is 25.2 Å². The number of carbonyl (C=O) groups excluding carboxylic acids is 1. The largest absolute Gasteiger partial charge is 0.489 e. The van der Waals surface area contributed by atoms with Gasteiger partial charge in [-0.05, 0) is 65.7 Å². The number of carbonyl (C=O) groups is 1. The van der Waals surface area contributed by atoms with Crippen LogP contribution >= 0.6 is 27.7 Å². The SMILES string of the molecule is CC(C)(C)[Si](C)(C)O[C@@H](CS[C@H]1C(=O)N(c2ccccc2)[C@@H]1c1ccc(Br)cc1OCc1ccccc1)c1ccc(F)cc1. The average molecular weight is 693 g/mol. The van der Waals surface area contributed by atoms with E-state index < -0.39 is 8.32 Å². The van der Waals surface area contributed by atoms with Gasteiger partial charge >= 0.3 is 0 Å². The maximum Gasteiger partial charge on any atom is 0.243 e. The minimum absolute atomic E-state index is 0.00268. The van der Waals surface area contributed by atoms with Crippen molar-refractivity contribution < 1.29 is 18.3 Å². The highest BCUT2D eigenvalue weighted by molar-refractivity contribution is 9.10. The second-order valence-corrected chi connectivity index (χ2v) is 19.5. The lowest BCUT2D eigenvalue weighted by Gasteiger charge is -2.48. The number of benzene rings is 4. The van der Waals surface area contributed by atoms with E-state index in [1.807, 2.05) is 77.7 Å². The Morgan fingerprint density at radius 3 is 2.20 bits per heavy atom. The first kappa shape index (κ1) is 32.5. The molecule has 0 spiro atoms. The van der Waals surface area contributed by atoms with Gasteiger partial charge in [-0.3, -0.25) is 4.79 Å². The molecule has 4 aromatic carbocycles. The van der Waals surface area contributed by atoms with Crippen LogP contribution in [0.25, 0.3) is 0 Å². The molecule has 4 nitrogen and oxygen atoms in total. The number of nitrogens with zero attached hydrogens (tertiary/aromatic N) is 1. The van der Waals surface area contributed by atoms with Crippen molar-refractivity contribution in [2.75, 3.05) is 10.7 Å². The third-order valence-electron chi connectivity index (χ3n) is 8.52. The summed E-state index contributed by atoms with van der Waals surface area (Å²) in [5.41, 5.74) is 3.79. The van der Waals surface area contributed by atoms with Crippen molar-refractivity contribution in [1.82, 2.24) is 0 Å². The topological polar surface area (TPSA) is 38.8 Å². The van der Waals surface area contributed by atoms with Crippen LogP contribution in [0.4, 0.5) is 10.1 Å². The highest BCUT2D eigenvalue weighted by Gasteiger charge is 2.51. The van der Waals surface area contributed by atoms with Crippen LogP contribution in [0.2, 0.25) is 18.1 Å². The van der Waals surface area contributed by atoms with Crippen molar-refractivity contribution in [1.29, 1.82) is 0 Å². The van der Waals surface area contributed by atoms with E-state index in [1.54, 1.807) is 23.9 Å². The lowest BCUT2D eigenvalue weighted by molar-refractivity contribution is -0.123. The van der Waals surface area contributed by atoms with Crippen molar-refractivity contribution in [2.24, 2.45) is 0 Å². The second-order valence-electron chi connectivity index (χ2n) is 12.6. The molecule has 3 atom stereocenters. The van der Waals surface area contributed by atoms with Gasteiger partial charge in [-0.2, -0.15) is 0 Å². The fourth-order valence-electron chi connectivity index (χ4n) is 5.02. The third-order valence-corrected chi connectivity index (χ3v) is 14.8. The smallest absolute Gasteiger partial charge is 0.243 e. The van der Waals surface area contributed by atoms with Crippen LogP contribution in [0.5, 0.6) is 5.75 Å². The molecule has 0 aromatic heterocycles. The molecular formula is C36H39BrFNO3SSi. The van der Waals surface area contributed by atoms with E-state index >= 15 is 0 Å². The van der Waals surface area contributed by atoms with Gasteiger partial charge in [0.1, 0.15) is 23.4 Å². The molecule has 1 aliphatic rings. The standard InChI is InChI=1S/C36H39BrFNO3SSi/c1-36(2,3)44(4,5)42-32(26-16-19-28(38)20-17-26)24-43-34-33(39(35(34)40)29-14-10-7-11-15-29)30-21-18-27(37)22-31(30)41-23-25-12-8-6-9-13-25/h6-22,32-34H,23-24H2,1-5H3/t32-,33+,34+/m0/s1. The van der Waals surface area contributed by atoms with Crippen molar-refractivity contribution >= 4 is 47.6 Å². The second kappa shape index (κ2) is 13.6. The Labute approximate surface area is 274 Å². The van der Waals surface area contributed by atoms with E-state index in [2.05, 4.69) is 55.9 Å². The minimum Gasteiger partial charge on any atom is -0.489 e. The number of hydrogen-bond acceptors (Lipinski definition) is 4. The van der Waals surface area contributed by atoms with E-state index in [0.717, 1.165) is 32.6 Å². The molecule has 0 radical (unpaired) electrons. The van der Waals surface area contributed by atoms with Gasteiger partial charge in [0.2, 0.25) is 5.91 Å². The fourth-order valence-corrected chi connectivity index (χ4v) is 8.11. The first-order chi connectivity index (χ1) is 20.9. The summed E-state index contributed by atoms with van der Waals surface area (Å²) >= 11 is 5.22. The summed E-state index contributed by atoms with van der Waals surface area (Å²) in [5, 5.41) is -0.349. The quantitative estimate of drug-likeness (QED) is 0.116. The Kier molecular flexibility index (Phi) is 10.0. The Hall–Kier alpha value is -2.91. The molecule has 0 bridgehead atoms. The summed E-state index contributed by atoms with van der Waals surface area (Å²) in [6.45, 7) is 11.5. The predicted molar refractivity (Wildman–Crippen MR) is 185 cm³/mol. The lowest BCUT2D eigenvalue weighted by atomic mass is 9.91.